The molecule has 3 amide bonds. The summed E-state index contributed by atoms with van der Waals surface area (Å²) in [6.45, 7) is 4.59. The van der Waals surface area contributed by atoms with E-state index < -0.39 is 23.5 Å². The minimum atomic E-state index is -0.911. The molecule has 0 aromatic heterocycles. The lowest BCUT2D eigenvalue weighted by Crippen LogP contribution is -2.56. The molecule has 3 fully saturated rings. The first-order chi connectivity index (χ1) is 13.9. The van der Waals surface area contributed by atoms with Gasteiger partial charge in [-0.1, -0.05) is 13.3 Å². The van der Waals surface area contributed by atoms with E-state index in [9.17, 15) is 14.4 Å². The van der Waals surface area contributed by atoms with Crippen LogP contribution in [0.2, 0.25) is 0 Å². The van der Waals surface area contributed by atoms with Crippen molar-refractivity contribution in [2.24, 2.45) is 11.8 Å². The number of hydrogen-bond donors (Lipinski definition) is 3. The zero-order chi connectivity index (χ0) is 21.2. The molecule has 8 heteroatoms. The van der Waals surface area contributed by atoms with Gasteiger partial charge in [0.15, 0.2) is 0 Å². The van der Waals surface area contributed by atoms with Crippen molar-refractivity contribution in [3.8, 4) is 0 Å². The van der Waals surface area contributed by atoms with E-state index >= 15 is 0 Å². The third kappa shape index (κ3) is 3.77. The number of hydrogen-bond acceptors (Lipinski definition) is 5. The SMILES string of the molecule is CCCC(C)NC(=O)C1N(CCCCCO)C(=O)[C@@H]2[C@H](C(=O)NC)[C@@H]3CCC12O3. The average Bonchev–Trinajstić information content (AvgIpc) is 3.32. The average molecular weight is 410 g/mol. The van der Waals surface area contributed by atoms with Crippen molar-refractivity contribution in [1.82, 2.24) is 15.5 Å². The van der Waals surface area contributed by atoms with Crippen LogP contribution < -0.4 is 10.6 Å². The zero-order valence-corrected chi connectivity index (χ0v) is 17.8. The number of ether oxygens (including phenoxy) is 1. The zero-order valence-electron chi connectivity index (χ0n) is 17.8. The third-order valence-electron chi connectivity index (χ3n) is 6.77. The van der Waals surface area contributed by atoms with Crippen molar-refractivity contribution in [2.45, 2.75) is 82.6 Å². The minimum Gasteiger partial charge on any atom is -0.396 e. The van der Waals surface area contributed by atoms with E-state index in [-0.39, 0.29) is 36.5 Å². The second-order valence-electron chi connectivity index (χ2n) is 8.68. The molecular formula is C21H35N3O5. The van der Waals surface area contributed by atoms with Crippen LogP contribution >= 0.6 is 0 Å². The molecule has 3 rings (SSSR count). The summed E-state index contributed by atoms with van der Waals surface area (Å²) in [7, 11) is 1.57. The van der Waals surface area contributed by atoms with Crippen molar-refractivity contribution in [3.63, 3.8) is 0 Å². The third-order valence-corrected chi connectivity index (χ3v) is 6.77. The Morgan fingerprint density at radius 3 is 2.72 bits per heavy atom. The monoisotopic (exact) mass is 409 g/mol. The molecule has 0 aromatic rings. The van der Waals surface area contributed by atoms with Crippen LogP contribution in [0.3, 0.4) is 0 Å². The van der Waals surface area contributed by atoms with Gasteiger partial charge in [0.25, 0.3) is 0 Å². The van der Waals surface area contributed by atoms with E-state index in [0.29, 0.717) is 32.2 Å². The molecule has 3 saturated heterocycles. The Kier molecular flexibility index (Phi) is 6.83. The fourth-order valence-corrected chi connectivity index (χ4v) is 5.56. The number of unbranched alkanes of at least 4 members (excludes halogenated alkanes) is 2. The summed E-state index contributed by atoms with van der Waals surface area (Å²) in [5.74, 6) is -1.64. The first kappa shape index (κ1) is 22.0. The summed E-state index contributed by atoms with van der Waals surface area (Å²) in [6, 6.07) is -0.685. The van der Waals surface area contributed by atoms with Crippen LogP contribution in [0.1, 0.15) is 58.8 Å². The van der Waals surface area contributed by atoms with Gasteiger partial charge < -0.3 is 25.4 Å². The number of nitrogens with zero attached hydrogens (tertiary/aromatic N) is 1. The van der Waals surface area contributed by atoms with Crippen molar-refractivity contribution in [1.29, 1.82) is 0 Å². The van der Waals surface area contributed by atoms with Gasteiger partial charge in [0.1, 0.15) is 11.6 Å². The second-order valence-corrected chi connectivity index (χ2v) is 8.68. The Bertz CT molecular complexity index is 642. The first-order valence-electron chi connectivity index (χ1n) is 11.0. The molecule has 29 heavy (non-hydrogen) atoms. The minimum absolute atomic E-state index is 0.0163. The van der Waals surface area contributed by atoms with Crippen LogP contribution in [0.25, 0.3) is 0 Å². The summed E-state index contributed by atoms with van der Waals surface area (Å²) >= 11 is 0. The Balaban J connectivity index is 1.87. The number of carbonyl (C=O) groups excluding carboxylic acids is 3. The van der Waals surface area contributed by atoms with E-state index in [1.807, 2.05) is 6.92 Å². The topological polar surface area (TPSA) is 108 Å². The molecule has 164 valence electrons. The molecule has 3 aliphatic rings. The van der Waals surface area contributed by atoms with Crippen molar-refractivity contribution >= 4 is 17.7 Å². The van der Waals surface area contributed by atoms with Gasteiger partial charge in [-0.25, -0.2) is 0 Å². The number of aliphatic hydroxyl groups is 1. The van der Waals surface area contributed by atoms with Gasteiger partial charge >= 0.3 is 0 Å². The van der Waals surface area contributed by atoms with Crippen LogP contribution in [0.5, 0.6) is 0 Å². The lowest BCUT2D eigenvalue weighted by atomic mass is 9.70. The maximum atomic E-state index is 13.4. The highest BCUT2D eigenvalue weighted by molar-refractivity contribution is 5.98. The van der Waals surface area contributed by atoms with Crippen molar-refractivity contribution in [3.05, 3.63) is 0 Å². The summed E-state index contributed by atoms with van der Waals surface area (Å²) in [6.07, 6.45) is 4.98. The maximum Gasteiger partial charge on any atom is 0.246 e. The van der Waals surface area contributed by atoms with Gasteiger partial charge in [0.2, 0.25) is 17.7 Å². The molecule has 0 radical (unpaired) electrons. The van der Waals surface area contributed by atoms with Crippen molar-refractivity contribution in [2.75, 3.05) is 20.2 Å². The molecule has 2 bridgehead atoms. The number of carbonyl (C=O) groups is 3. The van der Waals surface area contributed by atoms with Crippen LogP contribution in [-0.2, 0) is 19.1 Å². The standard InChI is InChI=1S/C21H35N3O5/c1-4-8-13(2)23-19(27)17-21-10-9-14(29-21)15(18(26)22-3)16(21)20(28)24(17)11-6-5-7-12-25/h13-17,25H,4-12H2,1-3H3,(H,22,26)(H,23,27)/t13?,14-,15+,16-,17?,21?/m0/s1. The fourth-order valence-electron chi connectivity index (χ4n) is 5.56. The lowest BCUT2D eigenvalue weighted by molar-refractivity contribution is -0.142. The highest BCUT2D eigenvalue weighted by atomic mass is 16.5. The molecule has 0 aromatic carbocycles. The highest BCUT2D eigenvalue weighted by Crippen LogP contribution is 2.58. The number of fused-ring (bicyclic) bond motifs is 1. The number of nitrogens with one attached hydrogen (secondary N) is 2. The quantitative estimate of drug-likeness (QED) is 0.457. The van der Waals surface area contributed by atoms with Crippen molar-refractivity contribution < 1.29 is 24.2 Å². The van der Waals surface area contributed by atoms with Gasteiger partial charge in [-0.05, 0) is 45.4 Å². The Morgan fingerprint density at radius 2 is 2.07 bits per heavy atom. The number of likely N-dealkylation sites (tertiary alicyclic amines) is 1. The molecule has 3 unspecified atom stereocenters. The maximum absolute atomic E-state index is 13.4. The van der Waals surface area contributed by atoms with Crippen LogP contribution in [-0.4, -0.2) is 71.7 Å². The second kappa shape index (κ2) is 9.00. The van der Waals surface area contributed by atoms with Crippen LogP contribution in [0.15, 0.2) is 0 Å². The molecule has 6 atom stereocenters. The molecule has 3 N–H and O–H groups in total. The summed E-state index contributed by atoms with van der Waals surface area (Å²) in [4.78, 5) is 40.9. The van der Waals surface area contributed by atoms with E-state index in [1.165, 1.54) is 0 Å². The van der Waals surface area contributed by atoms with Gasteiger partial charge in [-0.15, -0.1) is 0 Å². The highest BCUT2D eigenvalue weighted by Gasteiger charge is 2.74. The number of rotatable bonds is 10. The number of amides is 3. The summed E-state index contributed by atoms with van der Waals surface area (Å²) in [5, 5.41) is 14.8. The normalized spacial score (nSPS) is 33.7. The van der Waals surface area contributed by atoms with E-state index in [1.54, 1.807) is 11.9 Å². The van der Waals surface area contributed by atoms with Gasteiger partial charge in [0.05, 0.1) is 17.9 Å². The van der Waals surface area contributed by atoms with Crippen LogP contribution in [0, 0.1) is 11.8 Å². The molecule has 3 heterocycles. The predicted octanol–water partition coefficient (Wildman–Crippen LogP) is 0.574. The van der Waals surface area contributed by atoms with E-state index in [0.717, 1.165) is 19.3 Å². The van der Waals surface area contributed by atoms with E-state index in [4.69, 9.17) is 9.84 Å². The molecule has 1 spiro atoms. The summed E-state index contributed by atoms with van der Waals surface area (Å²) in [5.41, 5.74) is -0.911. The first-order valence-corrected chi connectivity index (χ1v) is 11.0. The predicted molar refractivity (Wildman–Crippen MR) is 107 cm³/mol. The molecule has 0 aliphatic carbocycles. The number of aliphatic hydroxyl groups excluding tert-OH is 1. The molecule has 3 aliphatic heterocycles. The Labute approximate surface area is 172 Å². The molecular weight excluding hydrogens is 374 g/mol. The summed E-state index contributed by atoms with van der Waals surface area (Å²) < 4.78 is 6.30. The molecule has 0 saturated carbocycles. The van der Waals surface area contributed by atoms with Gasteiger partial charge in [0, 0.05) is 26.2 Å². The van der Waals surface area contributed by atoms with Gasteiger partial charge in [-0.3, -0.25) is 14.4 Å². The fraction of sp³-hybridized carbons (Fsp3) is 0.857. The Morgan fingerprint density at radius 1 is 1.31 bits per heavy atom. The van der Waals surface area contributed by atoms with Gasteiger partial charge in [-0.2, -0.15) is 0 Å². The van der Waals surface area contributed by atoms with E-state index in [2.05, 4.69) is 17.6 Å². The largest absolute Gasteiger partial charge is 0.396 e. The lowest BCUT2D eigenvalue weighted by Gasteiger charge is -2.34. The smallest absolute Gasteiger partial charge is 0.246 e. The van der Waals surface area contributed by atoms with Crippen LogP contribution in [0.4, 0.5) is 0 Å². The Hall–Kier alpha value is -1.67. The molecule has 8 nitrogen and oxygen atoms in total.